The Kier molecular flexibility index (Phi) is 2.84. The van der Waals surface area contributed by atoms with E-state index in [-0.39, 0.29) is 0 Å². The molecule has 4 rings (SSSR count). The van der Waals surface area contributed by atoms with Gasteiger partial charge in [-0.25, -0.2) is 9.97 Å². The van der Waals surface area contributed by atoms with Gasteiger partial charge in [0, 0.05) is 19.5 Å². The van der Waals surface area contributed by atoms with E-state index in [1.54, 1.807) is 0 Å². The molecule has 4 heterocycles. The van der Waals surface area contributed by atoms with Gasteiger partial charge in [-0.15, -0.1) is 0 Å². The summed E-state index contributed by atoms with van der Waals surface area (Å²) in [6, 6.07) is 0.460. The van der Waals surface area contributed by atoms with Crippen LogP contribution in [0, 0.1) is 0 Å². The fourth-order valence-electron chi connectivity index (χ4n) is 3.90. The summed E-state index contributed by atoms with van der Waals surface area (Å²) in [5.41, 5.74) is 10.8. The minimum Gasteiger partial charge on any atom is -0.382 e. The number of imidazole rings is 1. The molecule has 2 aliphatic heterocycles. The van der Waals surface area contributed by atoms with Crippen molar-refractivity contribution in [2.75, 3.05) is 23.7 Å². The molecule has 2 aromatic heterocycles. The molecule has 2 aromatic rings. The summed E-state index contributed by atoms with van der Waals surface area (Å²) in [7, 11) is 0. The molecule has 0 saturated heterocycles. The van der Waals surface area contributed by atoms with Crippen LogP contribution in [0.3, 0.4) is 0 Å². The minimum absolute atomic E-state index is 0.460. The minimum atomic E-state index is 0.460. The molecule has 5 nitrogen and oxygen atoms in total. The van der Waals surface area contributed by atoms with E-state index < -0.39 is 0 Å². The molecule has 1 atom stereocenters. The van der Waals surface area contributed by atoms with Crippen LogP contribution >= 0.6 is 0 Å². The first-order chi connectivity index (χ1) is 10.2. The number of rotatable bonds is 3. The average molecular weight is 285 g/mol. The van der Waals surface area contributed by atoms with Crippen molar-refractivity contribution in [2.24, 2.45) is 0 Å². The van der Waals surface area contributed by atoms with Gasteiger partial charge in [-0.05, 0) is 26.2 Å². The van der Waals surface area contributed by atoms with E-state index >= 15 is 0 Å². The van der Waals surface area contributed by atoms with E-state index in [0.717, 1.165) is 31.4 Å². The SMILES string of the molecule is CCCCc1nc2c(N)nc3c4c2n1[C@H](C)CN4CCC3. The molecule has 21 heavy (non-hydrogen) atoms. The molecule has 0 spiro atoms. The summed E-state index contributed by atoms with van der Waals surface area (Å²) in [5.74, 6) is 1.79. The summed E-state index contributed by atoms with van der Waals surface area (Å²) in [5, 5.41) is 0. The van der Waals surface area contributed by atoms with Gasteiger partial charge in [0.2, 0.25) is 0 Å². The number of nitrogen functional groups attached to an aromatic ring is 1. The number of nitrogens with zero attached hydrogens (tertiary/aromatic N) is 4. The van der Waals surface area contributed by atoms with Crippen LogP contribution in [0.15, 0.2) is 0 Å². The van der Waals surface area contributed by atoms with Gasteiger partial charge in [0.05, 0.1) is 22.9 Å². The van der Waals surface area contributed by atoms with Crippen LogP contribution in [0.25, 0.3) is 11.0 Å². The highest BCUT2D eigenvalue weighted by molar-refractivity contribution is 5.97. The second-order valence-electron chi connectivity index (χ2n) is 6.39. The third kappa shape index (κ3) is 1.76. The van der Waals surface area contributed by atoms with Crippen LogP contribution in [0.4, 0.5) is 11.5 Å². The average Bonchev–Trinajstić information content (AvgIpc) is 2.85. The van der Waals surface area contributed by atoms with Crippen LogP contribution in [-0.4, -0.2) is 27.6 Å². The second-order valence-corrected chi connectivity index (χ2v) is 6.39. The fraction of sp³-hybridized carbons (Fsp3) is 0.625. The Balaban J connectivity index is 2.01. The van der Waals surface area contributed by atoms with Gasteiger partial charge in [-0.2, -0.15) is 0 Å². The number of anilines is 2. The van der Waals surface area contributed by atoms with Crippen LogP contribution in [0.1, 0.15) is 50.7 Å². The van der Waals surface area contributed by atoms with Crippen molar-refractivity contribution >= 4 is 22.5 Å². The Hall–Kier alpha value is -1.78. The maximum Gasteiger partial charge on any atom is 0.152 e. The van der Waals surface area contributed by atoms with Gasteiger partial charge in [0.1, 0.15) is 11.3 Å². The molecule has 5 heteroatoms. The topological polar surface area (TPSA) is 60.0 Å². The molecule has 0 bridgehead atoms. The Labute approximate surface area is 125 Å². The molecular formula is C16H23N5. The lowest BCUT2D eigenvalue weighted by Crippen LogP contribution is -2.38. The van der Waals surface area contributed by atoms with Crippen molar-refractivity contribution in [3.05, 3.63) is 11.5 Å². The van der Waals surface area contributed by atoms with Crippen LogP contribution in [-0.2, 0) is 12.8 Å². The first-order valence-electron chi connectivity index (χ1n) is 8.14. The van der Waals surface area contributed by atoms with Gasteiger partial charge in [0.15, 0.2) is 5.82 Å². The predicted octanol–water partition coefficient (Wildman–Crippen LogP) is 2.68. The zero-order chi connectivity index (χ0) is 14.6. The smallest absolute Gasteiger partial charge is 0.152 e. The van der Waals surface area contributed by atoms with Crippen LogP contribution < -0.4 is 10.6 Å². The van der Waals surface area contributed by atoms with Crippen molar-refractivity contribution in [3.63, 3.8) is 0 Å². The van der Waals surface area contributed by atoms with Gasteiger partial charge in [-0.3, -0.25) is 0 Å². The van der Waals surface area contributed by atoms with Crippen molar-refractivity contribution in [1.29, 1.82) is 0 Å². The van der Waals surface area contributed by atoms with Gasteiger partial charge in [0.25, 0.3) is 0 Å². The van der Waals surface area contributed by atoms with Gasteiger partial charge in [-0.1, -0.05) is 13.3 Å². The number of pyridine rings is 1. The Morgan fingerprint density at radius 2 is 2.19 bits per heavy atom. The normalized spacial score (nSPS) is 20.3. The van der Waals surface area contributed by atoms with Crippen molar-refractivity contribution in [2.45, 2.75) is 52.0 Å². The molecule has 2 aliphatic rings. The number of hydrogen-bond donors (Lipinski definition) is 1. The molecule has 2 N–H and O–H groups in total. The van der Waals surface area contributed by atoms with Crippen molar-refractivity contribution in [3.8, 4) is 0 Å². The maximum absolute atomic E-state index is 6.20. The second kappa shape index (κ2) is 4.61. The molecule has 0 amide bonds. The summed E-state index contributed by atoms with van der Waals surface area (Å²) in [6.07, 6.45) is 5.61. The quantitative estimate of drug-likeness (QED) is 0.942. The molecule has 112 valence electrons. The summed E-state index contributed by atoms with van der Waals surface area (Å²) in [4.78, 5) is 12.0. The zero-order valence-electron chi connectivity index (χ0n) is 12.9. The third-order valence-corrected chi connectivity index (χ3v) is 4.82. The number of aromatic nitrogens is 3. The van der Waals surface area contributed by atoms with E-state index in [9.17, 15) is 0 Å². The Bertz CT molecular complexity index is 702. The first-order valence-corrected chi connectivity index (χ1v) is 8.14. The zero-order valence-corrected chi connectivity index (χ0v) is 12.9. The lowest BCUT2D eigenvalue weighted by atomic mass is 10.0. The molecule has 0 aromatic carbocycles. The van der Waals surface area contributed by atoms with Crippen LogP contribution in [0.2, 0.25) is 0 Å². The summed E-state index contributed by atoms with van der Waals surface area (Å²) < 4.78 is 2.43. The lowest BCUT2D eigenvalue weighted by molar-refractivity contribution is 0.492. The summed E-state index contributed by atoms with van der Waals surface area (Å²) >= 11 is 0. The van der Waals surface area contributed by atoms with Crippen molar-refractivity contribution in [1.82, 2.24) is 14.5 Å². The highest BCUT2D eigenvalue weighted by Gasteiger charge is 2.32. The molecule has 0 fully saturated rings. The maximum atomic E-state index is 6.20. The van der Waals surface area contributed by atoms with Gasteiger partial charge >= 0.3 is 0 Å². The molecule has 0 radical (unpaired) electrons. The Morgan fingerprint density at radius 3 is 3.00 bits per heavy atom. The summed E-state index contributed by atoms with van der Waals surface area (Å²) in [6.45, 7) is 6.72. The standard InChI is InChI=1S/C16H23N5/c1-3-4-7-12-19-13-15-14-11(18-16(13)17)6-5-8-20(14)9-10(2)21(12)15/h10H,3-9H2,1-2H3,(H2,17,18)/t10-/m1/s1. The highest BCUT2D eigenvalue weighted by atomic mass is 15.3. The monoisotopic (exact) mass is 285 g/mol. The first kappa shape index (κ1) is 12.9. The highest BCUT2D eigenvalue weighted by Crippen LogP contribution is 2.41. The molecule has 0 saturated carbocycles. The number of nitrogens with two attached hydrogens (primary N) is 1. The van der Waals surface area contributed by atoms with Crippen molar-refractivity contribution < 1.29 is 0 Å². The molecule has 0 aliphatic carbocycles. The number of aryl methyl sites for hydroxylation is 2. The fourth-order valence-corrected chi connectivity index (χ4v) is 3.90. The third-order valence-electron chi connectivity index (χ3n) is 4.82. The Morgan fingerprint density at radius 1 is 1.33 bits per heavy atom. The number of unbranched alkanes of at least 4 members (excludes halogenated alkanes) is 1. The van der Waals surface area contributed by atoms with E-state index in [2.05, 4.69) is 28.3 Å². The predicted molar refractivity (Wildman–Crippen MR) is 85.8 cm³/mol. The van der Waals surface area contributed by atoms with Gasteiger partial charge < -0.3 is 15.2 Å². The van der Waals surface area contributed by atoms with E-state index in [1.807, 2.05) is 0 Å². The largest absolute Gasteiger partial charge is 0.382 e. The molecular weight excluding hydrogens is 262 g/mol. The van der Waals surface area contributed by atoms with E-state index in [0.29, 0.717) is 11.9 Å². The molecule has 0 unspecified atom stereocenters. The van der Waals surface area contributed by atoms with Crippen LogP contribution in [0.5, 0.6) is 0 Å². The van der Waals surface area contributed by atoms with E-state index in [4.69, 9.17) is 10.7 Å². The van der Waals surface area contributed by atoms with E-state index in [1.165, 1.54) is 42.0 Å². The number of hydrogen-bond acceptors (Lipinski definition) is 4. The lowest BCUT2D eigenvalue weighted by Gasteiger charge is -2.38.